The van der Waals surface area contributed by atoms with Gasteiger partial charge in [0.1, 0.15) is 4.21 Å². The van der Waals surface area contributed by atoms with E-state index in [0.29, 0.717) is 6.42 Å². The number of sulfonamides is 1. The molecule has 11 heteroatoms. The van der Waals surface area contributed by atoms with E-state index in [1.54, 1.807) is 0 Å². The van der Waals surface area contributed by atoms with Crippen molar-refractivity contribution in [2.75, 3.05) is 0 Å². The van der Waals surface area contributed by atoms with Crippen molar-refractivity contribution in [3.63, 3.8) is 0 Å². The first-order valence-corrected chi connectivity index (χ1v) is 10.1. The summed E-state index contributed by atoms with van der Waals surface area (Å²) in [6.07, 6.45) is -4.06. The maximum absolute atomic E-state index is 12.5. The second kappa shape index (κ2) is 6.43. The number of thiophene rings is 1. The summed E-state index contributed by atoms with van der Waals surface area (Å²) < 4.78 is 69.4. The number of aromatic nitrogens is 2. The van der Waals surface area contributed by atoms with Crippen molar-refractivity contribution < 1.29 is 26.1 Å². The highest BCUT2D eigenvalue weighted by atomic mass is 32.2. The van der Waals surface area contributed by atoms with Crippen LogP contribution in [0.3, 0.4) is 0 Å². The number of nitrogens with zero attached hydrogens (tertiary/aromatic N) is 2. The average Bonchev–Trinajstić information content (AvgIpc) is 3.05. The third kappa shape index (κ3) is 3.75. The van der Waals surface area contributed by atoms with Gasteiger partial charge in [0.2, 0.25) is 15.8 Å². The van der Waals surface area contributed by atoms with Crippen LogP contribution in [0.1, 0.15) is 23.8 Å². The summed E-state index contributed by atoms with van der Waals surface area (Å²) in [5.74, 6) is -1.66. The lowest BCUT2D eigenvalue weighted by molar-refractivity contribution is -0.159. The van der Waals surface area contributed by atoms with E-state index in [9.17, 15) is 21.6 Å². The quantitative estimate of drug-likeness (QED) is 0.688. The fourth-order valence-electron chi connectivity index (χ4n) is 2.67. The molecule has 0 radical (unpaired) electrons. The van der Waals surface area contributed by atoms with Crippen LogP contribution in [-0.2, 0) is 16.2 Å². The Kier molecular flexibility index (Phi) is 4.32. The zero-order chi connectivity index (χ0) is 19.2. The van der Waals surface area contributed by atoms with Gasteiger partial charge < -0.3 is 4.52 Å². The molecule has 27 heavy (non-hydrogen) atoms. The van der Waals surface area contributed by atoms with Crippen LogP contribution in [0.25, 0.3) is 10.7 Å². The summed E-state index contributed by atoms with van der Waals surface area (Å²) in [6.45, 7) is 0. The smallest absolute Gasteiger partial charge is 0.329 e. The zero-order valence-corrected chi connectivity index (χ0v) is 15.1. The first-order valence-electron chi connectivity index (χ1n) is 7.82. The highest BCUT2D eigenvalue weighted by molar-refractivity contribution is 7.91. The zero-order valence-electron chi connectivity index (χ0n) is 13.5. The summed E-state index contributed by atoms with van der Waals surface area (Å²) in [5.41, 5.74) is 1.06. The van der Waals surface area contributed by atoms with E-state index >= 15 is 0 Å². The van der Waals surface area contributed by atoms with Crippen molar-refractivity contribution in [2.45, 2.75) is 28.8 Å². The predicted molar refractivity (Wildman–Crippen MR) is 90.5 cm³/mol. The highest BCUT2D eigenvalue weighted by Crippen LogP contribution is 2.42. The Bertz CT molecular complexity index is 1060. The van der Waals surface area contributed by atoms with Crippen LogP contribution in [-0.4, -0.2) is 24.6 Å². The third-order valence-electron chi connectivity index (χ3n) is 4.06. The molecule has 0 bridgehead atoms. The lowest BCUT2D eigenvalue weighted by atomic mass is 10.1. The van der Waals surface area contributed by atoms with Crippen LogP contribution < -0.4 is 4.72 Å². The minimum Gasteiger partial charge on any atom is -0.329 e. The van der Waals surface area contributed by atoms with E-state index in [0.717, 1.165) is 16.9 Å². The Balaban J connectivity index is 1.49. The molecular formula is C16H12F3N3O3S2. The Labute approximate surface area is 156 Å². The second-order valence-corrected chi connectivity index (χ2v) is 9.04. The van der Waals surface area contributed by atoms with Gasteiger partial charge in [-0.05, 0) is 24.1 Å². The summed E-state index contributed by atoms with van der Waals surface area (Å²) in [4.78, 5) is 3.44. The lowest BCUT2D eigenvalue weighted by Crippen LogP contribution is -2.26. The maximum atomic E-state index is 12.5. The molecule has 3 aromatic rings. The molecular weight excluding hydrogens is 403 g/mol. The topological polar surface area (TPSA) is 85.1 Å². The molecule has 2 heterocycles. The van der Waals surface area contributed by atoms with Crippen molar-refractivity contribution in [1.82, 2.24) is 14.9 Å². The molecule has 0 aliphatic heterocycles. The number of halogens is 3. The number of nitrogens with one attached hydrogen (secondary N) is 1. The Morgan fingerprint density at radius 3 is 2.56 bits per heavy atom. The van der Waals surface area contributed by atoms with E-state index < -0.39 is 22.1 Å². The van der Waals surface area contributed by atoms with Gasteiger partial charge in [-0.25, -0.2) is 13.1 Å². The van der Waals surface area contributed by atoms with Gasteiger partial charge in [-0.3, -0.25) is 0 Å². The average molecular weight is 415 g/mol. The summed E-state index contributed by atoms with van der Waals surface area (Å²) >= 11 is 0.781. The number of benzene rings is 1. The van der Waals surface area contributed by atoms with Gasteiger partial charge in [0.15, 0.2) is 0 Å². The van der Waals surface area contributed by atoms with Crippen LogP contribution >= 0.6 is 11.3 Å². The molecule has 2 atom stereocenters. The molecule has 1 N–H and O–H groups in total. The third-order valence-corrected chi connectivity index (χ3v) is 7.12. The molecule has 1 fully saturated rings. The largest absolute Gasteiger partial charge is 0.471 e. The second-order valence-electron chi connectivity index (χ2n) is 6.02. The Hall–Kier alpha value is -2.24. The molecule has 1 saturated carbocycles. The SMILES string of the molecule is O=S(=O)(N[C@H]1C[C@@H]1c1ccccc1)c1ccc(-c2noc(C(F)(F)F)n2)s1. The van der Waals surface area contributed by atoms with Crippen LogP contribution in [0, 0.1) is 0 Å². The molecule has 0 saturated heterocycles. The molecule has 4 rings (SSSR count). The van der Waals surface area contributed by atoms with E-state index in [-0.39, 0.29) is 26.9 Å². The molecule has 1 aliphatic carbocycles. The highest BCUT2D eigenvalue weighted by Gasteiger charge is 2.42. The van der Waals surface area contributed by atoms with Gasteiger partial charge >= 0.3 is 12.1 Å². The molecule has 2 aromatic heterocycles. The monoisotopic (exact) mass is 415 g/mol. The van der Waals surface area contributed by atoms with Crippen molar-refractivity contribution in [3.05, 3.63) is 53.9 Å². The van der Waals surface area contributed by atoms with Crippen molar-refractivity contribution >= 4 is 21.4 Å². The Morgan fingerprint density at radius 1 is 1.15 bits per heavy atom. The van der Waals surface area contributed by atoms with Gasteiger partial charge in [-0.15, -0.1) is 11.3 Å². The standard InChI is InChI=1S/C16H12F3N3O3S2/c17-16(18,19)15-20-14(21-25-15)12-6-7-13(26-12)27(23,24)22-11-8-10(11)9-4-2-1-3-5-9/h1-7,10-11,22H,8H2/t10-,11+/m1/s1. The lowest BCUT2D eigenvalue weighted by Gasteiger charge is -2.04. The van der Waals surface area contributed by atoms with Gasteiger partial charge in [0.25, 0.3) is 0 Å². The molecule has 1 aromatic carbocycles. The first-order chi connectivity index (χ1) is 12.7. The van der Waals surface area contributed by atoms with Gasteiger partial charge in [-0.1, -0.05) is 35.5 Å². The minimum absolute atomic E-state index is 0.0189. The fraction of sp³-hybridized carbons (Fsp3) is 0.250. The summed E-state index contributed by atoms with van der Waals surface area (Å²) in [6, 6.07) is 12.0. The number of hydrogen-bond acceptors (Lipinski definition) is 6. The van der Waals surface area contributed by atoms with E-state index in [1.165, 1.54) is 12.1 Å². The van der Waals surface area contributed by atoms with Crippen molar-refractivity contribution in [3.8, 4) is 10.7 Å². The fourth-order valence-corrected chi connectivity index (χ4v) is 5.21. The molecule has 0 unspecified atom stereocenters. The predicted octanol–water partition coefficient (Wildman–Crippen LogP) is 3.65. The first kappa shape index (κ1) is 18.1. The molecule has 142 valence electrons. The Morgan fingerprint density at radius 2 is 1.89 bits per heavy atom. The number of alkyl halides is 3. The summed E-state index contributed by atoms with van der Waals surface area (Å²) in [7, 11) is -3.79. The van der Waals surface area contributed by atoms with E-state index in [1.807, 2.05) is 30.3 Å². The van der Waals surface area contributed by atoms with E-state index in [4.69, 9.17) is 0 Å². The van der Waals surface area contributed by atoms with Crippen LogP contribution in [0.5, 0.6) is 0 Å². The molecule has 1 aliphatic rings. The van der Waals surface area contributed by atoms with Crippen molar-refractivity contribution in [2.24, 2.45) is 0 Å². The number of hydrogen-bond donors (Lipinski definition) is 1. The van der Waals surface area contributed by atoms with Crippen molar-refractivity contribution in [1.29, 1.82) is 0 Å². The summed E-state index contributed by atoms with van der Waals surface area (Å²) in [5, 5.41) is 3.26. The van der Waals surface area contributed by atoms with E-state index in [2.05, 4.69) is 19.4 Å². The van der Waals surface area contributed by atoms with Gasteiger partial charge in [0, 0.05) is 12.0 Å². The molecule has 0 spiro atoms. The maximum Gasteiger partial charge on any atom is 0.471 e. The number of rotatable bonds is 5. The van der Waals surface area contributed by atoms with Gasteiger partial charge in [0.05, 0.1) is 4.88 Å². The van der Waals surface area contributed by atoms with Gasteiger partial charge in [-0.2, -0.15) is 18.2 Å². The molecule has 6 nitrogen and oxygen atoms in total. The van der Waals surface area contributed by atoms with Crippen LogP contribution in [0.15, 0.2) is 51.2 Å². The minimum atomic E-state index is -4.75. The van der Waals surface area contributed by atoms with Crippen LogP contribution in [0.2, 0.25) is 0 Å². The van der Waals surface area contributed by atoms with Crippen LogP contribution in [0.4, 0.5) is 13.2 Å². The molecule has 0 amide bonds. The normalized spacial score (nSPS) is 20.0.